The van der Waals surface area contributed by atoms with Crippen molar-refractivity contribution in [2.24, 2.45) is 0 Å². The average molecular weight is 422 g/mol. The summed E-state index contributed by atoms with van der Waals surface area (Å²) < 4.78 is 0. The Balaban J connectivity index is 1.44. The number of hydrogen-bond donors (Lipinski definition) is 1. The maximum absolute atomic E-state index is 12.8. The zero-order valence-corrected chi connectivity index (χ0v) is 17.4. The molecule has 1 amide bonds. The molecule has 1 atom stereocenters. The first kappa shape index (κ1) is 19.8. The van der Waals surface area contributed by atoms with Crippen molar-refractivity contribution in [2.75, 3.05) is 18.4 Å². The molecule has 7 nitrogen and oxygen atoms in total. The number of benzene rings is 1. The van der Waals surface area contributed by atoms with Crippen LogP contribution in [-0.4, -0.2) is 43.8 Å². The van der Waals surface area contributed by atoms with E-state index in [0.29, 0.717) is 18.8 Å². The van der Waals surface area contributed by atoms with E-state index in [2.05, 4.69) is 15.3 Å². The number of para-hydroxylation sites is 1. The Hall–Kier alpha value is -4.13. The molecular formula is C25H22N6O. The summed E-state index contributed by atoms with van der Waals surface area (Å²) in [7, 11) is 0. The Kier molecular flexibility index (Phi) is 5.53. The average Bonchev–Trinajstić information content (AvgIpc) is 3.36. The minimum absolute atomic E-state index is 0.0515. The van der Waals surface area contributed by atoms with Gasteiger partial charge in [-0.1, -0.05) is 24.3 Å². The first-order chi connectivity index (χ1) is 15.8. The van der Waals surface area contributed by atoms with E-state index < -0.39 is 0 Å². The van der Waals surface area contributed by atoms with Crippen LogP contribution in [0.4, 0.5) is 11.5 Å². The molecule has 0 saturated carbocycles. The fourth-order valence-corrected chi connectivity index (χ4v) is 3.85. The molecule has 4 heterocycles. The van der Waals surface area contributed by atoms with E-state index in [1.54, 1.807) is 24.7 Å². The van der Waals surface area contributed by atoms with Gasteiger partial charge in [-0.05, 0) is 42.8 Å². The number of hydrogen-bond acceptors (Lipinski definition) is 6. The fourth-order valence-electron chi connectivity index (χ4n) is 3.85. The number of pyridine rings is 2. The third kappa shape index (κ3) is 4.32. The van der Waals surface area contributed by atoms with Gasteiger partial charge in [0.2, 0.25) is 0 Å². The van der Waals surface area contributed by atoms with Crippen molar-refractivity contribution in [3.05, 3.63) is 96.8 Å². The Morgan fingerprint density at radius 2 is 1.84 bits per heavy atom. The molecule has 1 aliphatic heterocycles. The van der Waals surface area contributed by atoms with Crippen LogP contribution in [0.3, 0.4) is 0 Å². The summed E-state index contributed by atoms with van der Waals surface area (Å²) in [6, 6.07) is 21.1. The van der Waals surface area contributed by atoms with Gasteiger partial charge in [0.1, 0.15) is 17.3 Å². The van der Waals surface area contributed by atoms with Gasteiger partial charge < -0.3 is 10.2 Å². The highest BCUT2D eigenvalue weighted by Crippen LogP contribution is 2.29. The molecule has 4 aromatic rings. The Morgan fingerprint density at radius 1 is 0.969 bits per heavy atom. The zero-order valence-electron chi connectivity index (χ0n) is 17.4. The third-order valence-corrected chi connectivity index (χ3v) is 5.47. The lowest BCUT2D eigenvalue weighted by molar-refractivity contribution is 0.0785. The highest BCUT2D eigenvalue weighted by molar-refractivity contribution is 5.92. The molecule has 7 heteroatoms. The highest BCUT2D eigenvalue weighted by atomic mass is 16.2. The predicted molar refractivity (Wildman–Crippen MR) is 122 cm³/mol. The van der Waals surface area contributed by atoms with Crippen molar-refractivity contribution < 1.29 is 4.79 Å². The predicted octanol–water partition coefficient (Wildman–Crippen LogP) is 4.31. The van der Waals surface area contributed by atoms with Crippen molar-refractivity contribution >= 4 is 17.4 Å². The van der Waals surface area contributed by atoms with Gasteiger partial charge in [0.25, 0.3) is 5.91 Å². The van der Waals surface area contributed by atoms with Gasteiger partial charge in [0.05, 0.1) is 5.69 Å². The number of carbonyl (C=O) groups is 1. The van der Waals surface area contributed by atoms with Crippen LogP contribution in [0.1, 0.15) is 28.7 Å². The third-order valence-electron chi connectivity index (χ3n) is 5.47. The number of anilines is 2. The van der Waals surface area contributed by atoms with Gasteiger partial charge in [0, 0.05) is 54.9 Å². The second-order valence-electron chi connectivity index (χ2n) is 7.68. The molecule has 1 saturated heterocycles. The summed E-state index contributed by atoms with van der Waals surface area (Å²) in [4.78, 5) is 32.7. The lowest BCUT2D eigenvalue weighted by Crippen LogP contribution is -2.29. The molecule has 0 spiro atoms. The van der Waals surface area contributed by atoms with Gasteiger partial charge in [0.15, 0.2) is 0 Å². The Labute approximate surface area is 186 Å². The van der Waals surface area contributed by atoms with Crippen LogP contribution in [0.25, 0.3) is 11.3 Å². The number of amides is 1. The molecule has 0 radical (unpaired) electrons. The molecule has 1 aromatic carbocycles. The van der Waals surface area contributed by atoms with E-state index in [-0.39, 0.29) is 11.8 Å². The maximum Gasteiger partial charge on any atom is 0.272 e. The zero-order chi connectivity index (χ0) is 21.8. The SMILES string of the molecule is O=C(c1ccccn1)N1CCC(c2nc(Nc3ccccc3)cc(-c3cccnc3)n2)C1. The number of carbonyl (C=O) groups excluding carboxylic acids is 1. The molecule has 1 N–H and O–H groups in total. The summed E-state index contributed by atoms with van der Waals surface area (Å²) >= 11 is 0. The number of rotatable bonds is 5. The summed E-state index contributed by atoms with van der Waals surface area (Å²) in [6.07, 6.45) is 5.99. The number of aromatic nitrogens is 4. The summed E-state index contributed by atoms with van der Waals surface area (Å²) in [6.45, 7) is 1.22. The van der Waals surface area contributed by atoms with Crippen LogP contribution in [0.2, 0.25) is 0 Å². The van der Waals surface area contributed by atoms with Crippen molar-refractivity contribution in [3.63, 3.8) is 0 Å². The molecule has 32 heavy (non-hydrogen) atoms. The van der Waals surface area contributed by atoms with E-state index in [1.807, 2.05) is 65.6 Å². The first-order valence-corrected chi connectivity index (χ1v) is 10.6. The summed E-state index contributed by atoms with van der Waals surface area (Å²) in [5, 5.41) is 3.38. The van der Waals surface area contributed by atoms with E-state index in [0.717, 1.165) is 35.0 Å². The number of nitrogens with one attached hydrogen (secondary N) is 1. The Morgan fingerprint density at radius 3 is 2.62 bits per heavy atom. The maximum atomic E-state index is 12.8. The van der Waals surface area contributed by atoms with Crippen LogP contribution in [0.15, 0.2) is 85.3 Å². The minimum atomic E-state index is -0.0563. The van der Waals surface area contributed by atoms with Crippen LogP contribution in [0.5, 0.6) is 0 Å². The molecule has 0 bridgehead atoms. The van der Waals surface area contributed by atoms with Crippen molar-refractivity contribution in [2.45, 2.75) is 12.3 Å². The monoisotopic (exact) mass is 422 g/mol. The molecule has 0 aliphatic carbocycles. The van der Waals surface area contributed by atoms with Crippen molar-refractivity contribution in [3.8, 4) is 11.3 Å². The molecule has 1 aliphatic rings. The van der Waals surface area contributed by atoms with Crippen LogP contribution in [-0.2, 0) is 0 Å². The molecule has 158 valence electrons. The second-order valence-corrected chi connectivity index (χ2v) is 7.68. The van der Waals surface area contributed by atoms with Crippen molar-refractivity contribution in [1.82, 2.24) is 24.8 Å². The van der Waals surface area contributed by atoms with Crippen LogP contribution in [0, 0.1) is 0 Å². The van der Waals surface area contributed by atoms with Crippen LogP contribution >= 0.6 is 0 Å². The largest absolute Gasteiger partial charge is 0.340 e. The van der Waals surface area contributed by atoms with Gasteiger partial charge in [-0.25, -0.2) is 9.97 Å². The Bertz CT molecular complexity index is 1200. The quantitative estimate of drug-likeness (QED) is 0.516. The van der Waals surface area contributed by atoms with E-state index >= 15 is 0 Å². The minimum Gasteiger partial charge on any atom is -0.340 e. The highest BCUT2D eigenvalue weighted by Gasteiger charge is 2.30. The molecule has 1 unspecified atom stereocenters. The van der Waals surface area contributed by atoms with Gasteiger partial charge in [-0.2, -0.15) is 0 Å². The van der Waals surface area contributed by atoms with Crippen LogP contribution < -0.4 is 5.32 Å². The standard InChI is InChI=1S/C25H22N6O/c32-25(21-10-4-5-13-27-21)31-14-11-19(17-31)24-29-22(18-7-6-12-26-16-18)15-23(30-24)28-20-8-2-1-3-9-20/h1-10,12-13,15-16,19H,11,14,17H2,(H,28,29,30). The summed E-state index contributed by atoms with van der Waals surface area (Å²) in [5.74, 6) is 1.44. The lowest BCUT2D eigenvalue weighted by Gasteiger charge is -2.16. The van der Waals surface area contributed by atoms with Gasteiger partial charge in [-0.15, -0.1) is 0 Å². The van der Waals surface area contributed by atoms with E-state index in [1.165, 1.54) is 0 Å². The smallest absolute Gasteiger partial charge is 0.272 e. The first-order valence-electron chi connectivity index (χ1n) is 10.6. The number of nitrogens with zero attached hydrogens (tertiary/aromatic N) is 5. The van der Waals surface area contributed by atoms with Gasteiger partial charge >= 0.3 is 0 Å². The van der Waals surface area contributed by atoms with E-state index in [9.17, 15) is 4.79 Å². The van der Waals surface area contributed by atoms with Gasteiger partial charge in [-0.3, -0.25) is 14.8 Å². The fraction of sp³-hybridized carbons (Fsp3) is 0.160. The van der Waals surface area contributed by atoms with E-state index in [4.69, 9.17) is 9.97 Å². The second kappa shape index (κ2) is 8.93. The summed E-state index contributed by atoms with van der Waals surface area (Å²) in [5.41, 5.74) is 3.14. The molecular weight excluding hydrogens is 400 g/mol. The molecule has 5 rings (SSSR count). The molecule has 1 fully saturated rings. The lowest BCUT2D eigenvalue weighted by atomic mass is 10.1. The topological polar surface area (TPSA) is 83.9 Å². The molecule has 3 aromatic heterocycles. The van der Waals surface area contributed by atoms with Crippen molar-refractivity contribution in [1.29, 1.82) is 0 Å². The normalized spacial score (nSPS) is 15.5. The number of likely N-dealkylation sites (tertiary alicyclic amines) is 1.